The molecule has 0 aliphatic carbocycles. The molecular formula is C18H11ClF3N5O2S. The normalized spacial score (nSPS) is 11.7. The molecule has 0 aliphatic heterocycles. The topological polar surface area (TPSA) is 86.2 Å². The summed E-state index contributed by atoms with van der Waals surface area (Å²) in [4.78, 5) is 21.0. The summed E-state index contributed by atoms with van der Waals surface area (Å²) in [5, 5.41) is 15.3. The van der Waals surface area contributed by atoms with Crippen molar-refractivity contribution in [2.75, 3.05) is 5.32 Å². The fourth-order valence-corrected chi connectivity index (χ4v) is 3.83. The molecule has 154 valence electrons. The molecule has 4 rings (SSSR count). The number of hydrogen-bond donors (Lipinski definition) is 1. The number of pyridine rings is 2. The van der Waals surface area contributed by atoms with Crippen molar-refractivity contribution in [3.8, 4) is 5.88 Å². The van der Waals surface area contributed by atoms with Crippen molar-refractivity contribution < 1.29 is 27.6 Å². The summed E-state index contributed by atoms with van der Waals surface area (Å²) in [5.41, 5.74) is -0.695. The lowest BCUT2D eigenvalue weighted by atomic mass is 10.3. The molecule has 1 amide bonds. The molecule has 12 heteroatoms. The van der Waals surface area contributed by atoms with E-state index in [1.807, 2.05) is 0 Å². The van der Waals surface area contributed by atoms with Crippen molar-refractivity contribution in [2.24, 2.45) is 0 Å². The van der Waals surface area contributed by atoms with Gasteiger partial charge in [-0.3, -0.25) is 4.79 Å². The van der Waals surface area contributed by atoms with E-state index in [0.717, 1.165) is 17.0 Å². The van der Waals surface area contributed by atoms with Crippen LogP contribution < -0.4 is 15.0 Å². The third kappa shape index (κ3) is 3.81. The lowest BCUT2D eigenvalue weighted by Gasteiger charge is -2.08. The maximum absolute atomic E-state index is 13.0. The Hall–Kier alpha value is -3.18. The summed E-state index contributed by atoms with van der Waals surface area (Å²) in [7, 11) is 0. The lowest BCUT2D eigenvalue weighted by Crippen LogP contribution is -2.36. The van der Waals surface area contributed by atoms with Gasteiger partial charge in [-0.25, -0.2) is 14.5 Å². The van der Waals surface area contributed by atoms with Crippen molar-refractivity contribution in [2.45, 2.75) is 12.7 Å². The first-order valence-electron chi connectivity index (χ1n) is 8.39. The number of hydrogen-bond acceptors (Lipinski definition) is 5. The molecule has 0 bridgehead atoms. The van der Waals surface area contributed by atoms with Crippen molar-refractivity contribution >= 4 is 40.3 Å². The Kier molecular flexibility index (Phi) is 5.08. The zero-order valence-electron chi connectivity index (χ0n) is 14.9. The molecule has 4 aromatic rings. The summed E-state index contributed by atoms with van der Waals surface area (Å²) in [6, 6.07) is 6.84. The van der Waals surface area contributed by atoms with Crippen molar-refractivity contribution in [3.63, 3.8) is 0 Å². The Bertz CT molecular complexity index is 1240. The number of nitrogens with one attached hydrogen (secondary N) is 1. The van der Waals surface area contributed by atoms with Crippen LogP contribution in [0.2, 0.25) is 4.47 Å². The first-order chi connectivity index (χ1) is 14.2. The number of amides is 1. The number of alkyl halides is 3. The molecule has 0 unspecified atom stereocenters. The van der Waals surface area contributed by atoms with Crippen LogP contribution in [0.3, 0.4) is 0 Å². The number of fused-ring (bicyclic) bond motifs is 1. The van der Waals surface area contributed by atoms with Gasteiger partial charge < -0.3 is 10.4 Å². The number of imidazole rings is 1. The molecule has 4 aromatic heterocycles. The van der Waals surface area contributed by atoms with Gasteiger partial charge in [0.05, 0.1) is 16.6 Å². The molecule has 0 saturated carbocycles. The van der Waals surface area contributed by atoms with Gasteiger partial charge in [0.15, 0.2) is 4.47 Å². The summed E-state index contributed by atoms with van der Waals surface area (Å²) in [6.45, 7) is 0.155. The van der Waals surface area contributed by atoms with E-state index >= 15 is 0 Å². The Labute approximate surface area is 176 Å². The van der Waals surface area contributed by atoms with Crippen LogP contribution in [0.4, 0.5) is 19.0 Å². The van der Waals surface area contributed by atoms with Crippen LogP contribution in [0.25, 0.3) is 5.65 Å². The van der Waals surface area contributed by atoms with Gasteiger partial charge in [0.1, 0.15) is 18.2 Å². The maximum Gasteiger partial charge on any atom is 0.417 e. The van der Waals surface area contributed by atoms with E-state index in [-0.39, 0.29) is 18.1 Å². The standard InChI is InChI=1S/C18H11ClF3N5O2S/c19-17-24-8-11(30-17)9-27-13-3-1-2-6-26(13)14(16(27)29)15(28)25-12-5-4-10(7-23-12)18(20,21)22/h1-8H,9H2,(H-,23,25,28,29). The second-order valence-corrected chi connectivity index (χ2v) is 7.83. The Morgan fingerprint density at radius 3 is 2.67 bits per heavy atom. The Balaban J connectivity index is 1.68. The molecule has 1 N–H and O–H groups in total. The summed E-state index contributed by atoms with van der Waals surface area (Å²) in [5.74, 6) is -1.48. The average Bonchev–Trinajstić information content (AvgIpc) is 3.23. The molecule has 0 aliphatic rings. The van der Waals surface area contributed by atoms with E-state index in [9.17, 15) is 23.1 Å². The zero-order valence-corrected chi connectivity index (χ0v) is 16.4. The predicted molar refractivity (Wildman–Crippen MR) is 100 cm³/mol. The van der Waals surface area contributed by atoms with E-state index in [1.54, 1.807) is 24.4 Å². The van der Waals surface area contributed by atoms with Crippen LogP contribution in [0.5, 0.6) is 5.88 Å². The molecule has 4 heterocycles. The molecule has 0 fully saturated rings. The highest BCUT2D eigenvalue weighted by Crippen LogP contribution is 2.29. The molecule has 0 atom stereocenters. The molecule has 0 saturated heterocycles. The first kappa shape index (κ1) is 20.1. The maximum atomic E-state index is 13.0. The quantitative estimate of drug-likeness (QED) is 0.481. The predicted octanol–water partition coefficient (Wildman–Crippen LogP) is 3.12. The third-order valence-electron chi connectivity index (χ3n) is 4.19. The number of rotatable bonds is 4. The Morgan fingerprint density at radius 1 is 1.23 bits per heavy atom. The number of thiazole rings is 1. The van der Waals surface area contributed by atoms with Crippen LogP contribution in [0, 0.1) is 0 Å². The van der Waals surface area contributed by atoms with Gasteiger partial charge in [0, 0.05) is 18.5 Å². The van der Waals surface area contributed by atoms with E-state index in [0.29, 0.717) is 16.3 Å². The van der Waals surface area contributed by atoms with Gasteiger partial charge in [-0.2, -0.15) is 17.6 Å². The monoisotopic (exact) mass is 453 g/mol. The van der Waals surface area contributed by atoms with Crippen LogP contribution in [-0.2, 0) is 12.7 Å². The van der Waals surface area contributed by atoms with Gasteiger partial charge in [-0.1, -0.05) is 17.7 Å². The molecular weight excluding hydrogens is 443 g/mol. The van der Waals surface area contributed by atoms with E-state index < -0.39 is 23.5 Å². The fourth-order valence-electron chi connectivity index (χ4n) is 2.86. The van der Waals surface area contributed by atoms with Crippen LogP contribution >= 0.6 is 22.9 Å². The van der Waals surface area contributed by atoms with Crippen molar-refractivity contribution in [1.82, 2.24) is 14.4 Å². The smallest absolute Gasteiger partial charge is 0.417 e. The molecule has 0 aromatic carbocycles. The summed E-state index contributed by atoms with van der Waals surface area (Å²) < 4.78 is 41.1. The van der Waals surface area contributed by atoms with Crippen LogP contribution in [0.1, 0.15) is 20.9 Å². The highest BCUT2D eigenvalue weighted by Gasteiger charge is 2.31. The molecule has 30 heavy (non-hydrogen) atoms. The second kappa shape index (κ2) is 7.58. The minimum atomic E-state index is -4.54. The number of anilines is 1. The minimum absolute atomic E-state index is 0.112. The average molecular weight is 454 g/mol. The third-order valence-corrected chi connectivity index (χ3v) is 5.29. The number of carbonyl (C=O) groups is 1. The lowest BCUT2D eigenvalue weighted by molar-refractivity contribution is -0.704. The number of aromatic nitrogens is 4. The summed E-state index contributed by atoms with van der Waals surface area (Å²) >= 11 is 7.05. The van der Waals surface area contributed by atoms with Crippen molar-refractivity contribution in [3.05, 3.63) is 69.5 Å². The number of nitrogens with zero attached hydrogens (tertiary/aromatic N) is 4. The van der Waals surface area contributed by atoms with E-state index in [2.05, 4.69) is 15.3 Å². The van der Waals surface area contributed by atoms with Crippen molar-refractivity contribution in [1.29, 1.82) is 0 Å². The molecule has 0 spiro atoms. The zero-order chi connectivity index (χ0) is 21.5. The molecule has 7 nitrogen and oxygen atoms in total. The fraction of sp³-hybridized carbons (Fsp3) is 0.111. The second-order valence-electron chi connectivity index (χ2n) is 6.13. The first-order valence-corrected chi connectivity index (χ1v) is 9.58. The summed E-state index contributed by atoms with van der Waals surface area (Å²) in [6.07, 6.45) is -0.849. The van der Waals surface area contributed by atoms with Gasteiger partial charge in [-0.05, 0) is 18.2 Å². The van der Waals surface area contributed by atoms with Gasteiger partial charge in [0.25, 0.3) is 11.6 Å². The largest absolute Gasteiger partial charge is 0.839 e. The highest BCUT2D eigenvalue weighted by molar-refractivity contribution is 7.15. The van der Waals surface area contributed by atoms with Gasteiger partial charge in [-0.15, -0.1) is 11.3 Å². The van der Waals surface area contributed by atoms with E-state index in [4.69, 9.17) is 11.6 Å². The van der Waals surface area contributed by atoms with Crippen LogP contribution in [0.15, 0.2) is 48.9 Å². The number of carbonyl (C=O) groups excluding carboxylic acids is 1. The minimum Gasteiger partial charge on any atom is -0.839 e. The highest BCUT2D eigenvalue weighted by atomic mass is 35.5. The SMILES string of the molecule is O=C(Nc1ccc(C(F)(F)F)cn1)c1c([O-])[n+](Cc2cnc(Cl)s2)c2ccccn12. The van der Waals surface area contributed by atoms with Crippen LogP contribution in [-0.4, -0.2) is 20.3 Å². The molecule has 0 radical (unpaired) electrons. The van der Waals surface area contributed by atoms with Gasteiger partial charge >= 0.3 is 6.18 Å². The van der Waals surface area contributed by atoms with Gasteiger partial charge in [0.2, 0.25) is 5.69 Å². The van der Waals surface area contributed by atoms with E-state index in [1.165, 1.54) is 26.5 Å². The Morgan fingerprint density at radius 2 is 2.03 bits per heavy atom. The number of halogens is 4.